The van der Waals surface area contributed by atoms with Gasteiger partial charge in [0.1, 0.15) is 0 Å². The molecule has 0 aliphatic rings. The summed E-state index contributed by atoms with van der Waals surface area (Å²) < 4.78 is 0. The van der Waals surface area contributed by atoms with Crippen molar-refractivity contribution in [3.8, 4) is 5.75 Å². The van der Waals surface area contributed by atoms with E-state index in [1.165, 1.54) is 11.1 Å². The topological polar surface area (TPSA) is 153 Å². The van der Waals surface area contributed by atoms with E-state index in [1.54, 1.807) is 0 Å². The van der Waals surface area contributed by atoms with Gasteiger partial charge in [-0.3, -0.25) is 35.2 Å². The Bertz CT molecular complexity index is 1030. The lowest BCUT2D eigenvalue weighted by Crippen LogP contribution is -2.22. The summed E-state index contributed by atoms with van der Waals surface area (Å²) in [5.41, 5.74) is -0.242. The summed E-state index contributed by atoms with van der Waals surface area (Å²) in [6, 6.07) is 22.2. The highest BCUT2D eigenvalue weighted by atomic mass is 16.6. The number of phenols is 1. The molecule has 0 saturated carbocycles. The Labute approximate surface area is 189 Å². The van der Waals surface area contributed by atoms with Crippen LogP contribution in [0.4, 0.5) is 17.1 Å². The van der Waals surface area contributed by atoms with Crippen LogP contribution in [0.25, 0.3) is 0 Å². The van der Waals surface area contributed by atoms with E-state index in [0.717, 1.165) is 19.6 Å². The number of aromatic hydroxyl groups is 1. The zero-order chi connectivity index (χ0) is 24.4. The molecular formula is C22H22N4O7. The van der Waals surface area contributed by atoms with Gasteiger partial charge >= 0.3 is 11.4 Å². The summed E-state index contributed by atoms with van der Waals surface area (Å²) in [6.07, 6.45) is 0. The van der Waals surface area contributed by atoms with Crippen LogP contribution in [0.3, 0.4) is 0 Å². The van der Waals surface area contributed by atoms with Gasteiger partial charge in [0, 0.05) is 13.1 Å². The maximum atomic E-state index is 10.4. The van der Waals surface area contributed by atoms with Gasteiger partial charge < -0.3 is 5.11 Å². The second kappa shape index (κ2) is 11.9. The van der Waals surface area contributed by atoms with Gasteiger partial charge in [-0.15, -0.1) is 0 Å². The highest BCUT2D eigenvalue weighted by Gasteiger charge is 2.30. The second-order valence-electron chi connectivity index (χ2n) is 6.88. The average Bonchev–Trinajstić information content (AvgIpc) is 2.80. The lowest BCUT2D eigenvalue weighted by molar-refractivity contribution is -0.404. The predicted molar refractivity (Wildman–Crippen MR) is 121 cm³/mol. The van der Waals surface area contributed by atoms with Crippen molar-refractivity contribution in [2.24, 2.45) is 0 Å². The van der Waals surface area contributed by atoms with Gasteiger partial charge in [-0.2, -0.15) is 0 Å². The minimum Gasteiger partial charge on any atom is -0.497 e. The van der Waals surface area contributed by atoms with E-state index >= 15 is 0 Å². The minimum atomic E-state index is -1.21. The molecule has 3 rings (SSSR count). The van der Waals surface area contributed by atoms with Gasteiger partial charge in [-0.1, -0.05) is 67.6 Å². The third-order valence-corrected chi connectivity index (χ3v) is 4.60. The molecule has 1 N–H and O–H groups in total. The normalized spacial score (nSPS) is 10.2. The zero-order valence-electron chi connectivity index (χ0n) is 17.7. The van der Waals surface area contributed by atoms with Crippen molar-refractivity contribution in [2.75, 3.05) is 6.54 Å². The van der Waals surface area contributed by atoms with Gasteiger partial charge in [0.25, 0.3) is 11.4 Å². The molecule has 0 saturated heterocycles. The molecule has 172 valence electrons. The SMILES string of the molecule is CCN(Cc1ccccc1)Cc1ccccc1.O=[N+]([O-])c1cc([N+](=O)[O-])c(O)c([N+](=O)[O-])c1. The van der Waals surface area contributed by atoms with Crippen LogP contribution in [0.1, 0.15) is 18.1 Å². The first-order valence-electron chi connectivity index (χ1n) is 9.83. The average molecular weight is 454 g/mol. The summed E-state index contributed by atoms with van der Waals surface area (Å²) in [5, 5.41) is 40.2. The van der Waals surface area contributed by atoms with Gasteiger partial charge in [-0.25, -0.2) is 0 Å². The van der Waals surface area contributed by atoms with Crippen molar-refractivity contribution >= 4 is 17.1 Å². The first kappa shape index (κ1) is 24.9. The van der Waals surface area contributed by atoms with Crippen LogP contribution in [0.15, 0.2) is 72.8 Å². The van der Waals surface area contributed by atoms with Crippen LogP contribution in [0.2, 0.25) is 0 Å². The van der Waals surface area contributed by atoms with Crippen LogP contribution in [0.5, 0.6) is 5.75 Å². The fraction of sp³-hybridized carbons (Fsp3) is 0.182. The highest BCUT2D eigenvalue weighted by molar-refractivity contribution is 5.64. The maximum Gasteiger partial charge on any atom is 0.324 e. The fourth-order valence-electron chi connectivity index (χ4n) is 2.94. The monoisotopic (exact) mass is 454 g/mol. The standard InChI is InChI=1S/C16H19N.C6H3N3O7/c1-2-17(13-15-9-5-3-6-10-15)14-16-11-7-4-8-12-16;10-6-4(8(13)14)1-3(7(11)12)2-5(6)9(15)16/h3-12H,2,13-14H2,1H3;1-2,10H. The zero-order valence-corrected chi connectivity index (χ0v) is 17.7. The van der Waals surface area contributed by atoms with Crippen molar-refractivity contribution in [1.82, 2.24) is 4.90 Å². The third kappa shape index (κ3) is 7.36. The molecule has 0 spiro atoms. The van der Waals surface area contributed by atoms with Crippen LogP contribution in [-0.2, 0) is 13.1 Å². The van der Waals surface area contributed by atoms with Crippen LogP contribution >= 0.6 is 0 Å². The maximum absolute atomic E-state index is 10.4. The summed E-state index contributed by atoms with van der Waals surface area (Å²) in [5.74, 6) is -1.21. The Balaban J connectivity index is 0.000000234. The molecule has 0 heterocycles. The smallest absolute Gasteiger partial charge is 0.324 e. The van der Waals surface area contributed by atoms with Crippen LogP contribution < -0.4 is 0 Å². The van der Waals surface area contributed by atoms with Crippen molar-refractivity contribution in [2.45, 2.75) is 20.0 Å². The van der Waals surface area contributed by atoms with Crippen LogP contribution in [-0.4, -0.2) is 31.3 Å². The molecule has 0 unspecified atom stereocenters. The number of hydrogen-bond donors (Lipinski definition) is 1. The fourth-order valence-corrected chi connectivity index (χ4v) is 2.94. The van der Waals surface area contributed by atoms with Gasteiger partial charge in [0.2, 0.25) is 0 Å². The van der Waals surface area contributed by atoms with Crippen molar-refractivity contribution < 1.29 is 19.9 Å². The Morgan fingerprint density at radius 3 is 1.42 bits per heavy atom. The Morgan fingerprint density at radius 2 is 1.12 bits per heavy atom. The summed E-state index contributed by atoms with van der Waals surface area (Å²) in [4.78, 5) is 30.2. The number of nitro groups is 3. The molecule has 0 radical (unpaired) electrons. The molecule has 3 aromatic rings. The second-order valence-corrected chi connectivity index (χ2v) is 6.88. The van der Waals surface area contributed by atoms with E-state index in [2.05, 4.69) is 72.5 Å². The van der Waals surface area contributed by atoms with E-state index in [-0.39, 0.29) is 0 Å². The number of rotatable bonds is 8. The first-order valence-corrected chi connectivity index (χ1v) is 9.83. The summed E-state index contributed by atoms with van der Waals surface area (Å²) in [6.45, 7) is 5.33. The first-order chi connectivity index (χ1) is 15.7. The molecular weight excluding hydrogens is 432 g/mol. The molecule has 0 aliphatic carbocycles. The van der Waals surface area contributed by atoms with Crippen LogP contribution in [0, 0.1) is 30.3 Å². The molecule has 0 aliphatic heterocycles. The third-order valence-electron chi connectivity index (χ3n) is 4.60. The summed E-state index contributed by atoms with van der Waals surface area (Å²) >= 11 is 0. The van der Waals surface area contributed by atoms with Gasteiger partial charge in [0.15, 0.2) is 0 Å². The van der Waals surface area contributed by atoms with E-state index in [1.807, 2.05) is 0 Å². The number of hydrogen-bond acceptors (Lipinski definition) is 8. The largest absolute Gasteiger partial charge is 0.497 e. The van der Waals surface area contributed by atoms with Crippen molar-refractivity contribution in [3.63, 3.8) is 0 Å². The van der Waals surface area contributed by atoms with E-state index in [0.29, 0.717) is 12.1 Å². The highest BCUT2D eigenvalue weighted by Crippen LogP contribution is 2.38. The number of nitro benzene ring substituents is 3. The van der Waals surface area contributed by atoms with Gasteiger partial charge in [0.05, 0.1) is 26.9 Å². The molecule has 3 aromatic carbocycles. The minimum absolute atomic E-state index is 0.447. The van der Waals surface area contributed by atoms with E-state index in [4.69, 9.17) is 5.11 Å². The summed E-state index contributed by atoms with van der Waals surface area (Å²) in [7, 11) is 0. The number of phenolic OH excluding ortho intramolecular Hbond substituents is 1. The van der Waals surface area contributed by atoms with E-state index < -0.39 is 37.6 Å². The number of benzene rings is 3. The number of non-ortho nitro benzene ring substituents is 1. The molecule has 0 aromatic heterocycles. The molecule has 0 atom stereocenters. The van der Waals surface area contributed by atoms with Crippen molar-refractivity contribution in [3.05, 3.63) is 114 Å². The number of nitrogens with zero attached hydrogens (tertiary/aromatic N) is 4. The van der Waals surface area contributed by atoms with Crippen molar-refractivity contribution in [1.29, 1.82) is 0 Å². The Hall–Kier alpha value is -4.38. The lowest BCUT2D eigenvalue weighted by atomic mass is 10.2. The lowest BCUT2D eigenvalue weighted by Gasteiger charge is -2.20. The molecule has 33 heavy (non-hydrogen) atoms. The molecule has 0 bridgehead atoms. The van der Waals surface area contributed by atoms with Gasteiger partial charge in [-0.05, 0) is 17.7 Å². The molecule has 0 amide bonds. The predicted octanol–water partition coefficient (Wildman–Crippen LogP) is 4.83. The Morgan fingerprint density at radius 1 is 0.727 bits per heavy atom. The quantitative estimate of drug-likeness (QED) is 0.375. The molecule has 11 heteroatoms. The van der Waals surface area contributed by atoms with E-state index in [9.17, 15) is 30.3 Å². The molecule has 0 fully saturated rings. The molecule has 11 nitrogen and oxygen atoms in total. The Kier molecular flexibility index (Phi) is 8.95.